The predicted molar refractivity (Wildman–Crippen MR) is 64.5 cm³/mol. The van der Waals surface area contributed by atoms with Crippen molar-refractivity contribution in [1.82, 2.24) is 0 Å². The van der Waals surface area contributed by atoms with Crippen molar-refractivity contribution < 1.29 is 23.1 Å². The van der Waals surface area contributed by atoms with Crippen LogP contribution in [0.25, 0.3) is 0 Å². The number of hydrogen-bond donors (Lipinski definition) is 2. The average molecular weight is 326 g/mol. The van der Waals surface area contributed by atoms with E-state index < -0.39 is 23.2 Å². The minimum absolute atomic E-state index is 0.266. The smallest absolute Gasteiger partial charge is 0.418 e. The molecular formula is C11H11BrF3NO2. The topological polar surface area (TPSA) is 49.3 Å². The van der Waals surface area contributed by atoms with E-state index in [2.05, 4.69) is 21.2 Å². The van der Waals surface area contributed by atoms with Gasteiger partial charge in [-0.2, -0.15) is 13.2 Å². The molecule has 100 valence electrons. The zero-order valence-corrected chi connectivity index (χ0v) is 11.2. The maximum atomic E-state index is 12.8. The number of carboxylic acid groups (broad SMARTS) is 1. The number of aliphatic carboxylic acids is 1. The summed E-state index contributed by atoms with van der Waals surface area (Å²) in [7, 11) is 0. The summed E-state index contributed by atoms with van der Waals surface area (Å²) in [6.07, 6.45) is -4.55. The second-order valence-electron chi connectivity index (χ2n) is 4.24. The summed E-state index contributed by atoms with van der Waals surface area (Å²) >= 11 is 2.95. The molecule has 0 aliphatic carbocycles. The molecule has 0 aliphatic rings. The Balaban J connectivity index is 3.22. The van der Waals surface area contributed by atoms with E-state index in [-0.39, 0.29) is 10.2 Å². The molecule has 0 aliphatic heterocycles. The van der Waals surface area contributed by atoms with Crippen molar-refractivity contribution in [3.63, 3.8) is 0 Å². The van der Waals surface area contributed by atoms with E-state index in [0.717, 1.165) is 6.07 Å². The van der Waals surface area contributed by atoms with Gasteiger partial charge in [-0.25, -0.2) is 4.79 Å². The van der Waals surface area contributed by atoms with Crippen LogP contribution in [0, 0.1) is 0 Å². The third-order valence-corrected chi connectivity index (χ3v) is 2.76. The number of hydrogen-bond acceptors (Lipinski definition) is 2. The Bertz CT molecular complexity index is 472. The van der Waals surface area contributed by atoms with Gasteiger partial charge < -0.3 is 10.4 Å². The van der Waals surface area contributed by atoms with Crippen LogP contribution in [0.1, 0.15) is 19.4 Å². The summed E-state index contributed by atoms with van der Waals surface area (Å²) in [5.74, 6) is -1.24. The zero-order chi connectivity index (χ0) is 14.1. The zero-order valence-electron chi connectivity index (χ0n) is 9.60. The lowest BCUT2D eigenvalue weighted by Crippen LogP contribution is -2.40. The molecule has 2 N–H and O–H groups in total. The van der Waals surface area contributed by atoms with Crippen LogP contribution in [0.5, 0.6) is 0 Å². The molecule has 1 rings (SSSR count). The van der Waals surface area contributed by atoms with Crippen LogP contribution in [0.4, 0.5) is 18.9 Å². The van der Waals surface area contributed by atoms with Gasteiger partial charge in [0.15, 0.2) is 0 Å². The van der Waals surface area contributed by atoms with Gasteiger partial charge in [0.05, 0.1) is 5.56 Å². The van der Waals surface area contributed by atoms with Gasteiger partial charge in [-0.05, 0) is 32.0 Å². The predicted octanol–water partition coefficient (Wildman–Crippen LogP) is 3.74. The first kappa shape index (κ1) is 14.8. The van der Waals surface area contributed by atoms with Crippen molar-refractivity contribution in [1.29, 1.82) is 0 Å². The van der Waals surface area contributed by atoms with Crippen molar-refractivity contribution in [2.75, 3.05) is 5.32 Å². The molecule has 1 aromatic rings. The lowest BCUT2D eigenvalue weighted by molar-refractivity contribution is -0.142. The highest BCUT2D eigenvalue weighted by Crippen LogP contribution is 2.37. The van der Waals surface area contributed by atoms with Crippen molar-refractivity contribution in [3.8, 4) is 0 Å². The molecule has 0 fully saturated rings. The fourth-order valence-electron chi connectivity index (χ4n) is 1.25. The van der Waals surface area contributed by atoms with Gasteiger partial charge in [-0.3, -0.25) is 0 Å². The summed E-state index contributed by atoms with van der Waals surface area (Å²) in [5, 5.41) is 11.3. The molecule has 0 aromatic heterocycles. The first-order valence-corrected chi connectivity index (χ1v) is 5.71. The molecule has 0 unspecified atom stereocenters. The first-order chi connectivity index (χ1) is 8.04. The second kappa shape index (κ2) is 4.79. The van der Waals surface area contributed by atoms with E-state index >= 15 is 0 Å². The van der Waals surface area contributed by atoms with Crippen molar-refractivity contribution >= 4 is 27.6 Å². The maximum absolute atomic E-state index is 12.8. The Morgan fingerprint density at radius 2 is 1.89 bits per heavy atom. The minimum Gasteiger partial charge on any atom is -0.480 e. The highest BCUT2D eigenvalue weighted by molar-refractivity contribution is 9.10. The quantitative estimate of drug-likeness (QED) is 0.890. The number of benzene rings is 1. The van der Waals surface area contributed by atoms with E-state index in [1.165, 1.54) is 26.0 Å². The number of anilines is 1. The van der Waals surface area contributed by atoms with Crippen LogP contribution in [-0.2, 0) is 11.0 Å². The maximum Gasteiger partial charge on any atom is 0.418 e. The summed E-state index contributed by atoms with van der Waals surface area (Å²) in [6.45, 7) is 2.58. The Morgan fingerprint density at radius 3 is 2.33 bits per heavy atom. The van der Waals surface area contributed by atoms with E-state index in [0.29, 0.717) is 0 Å². The van der Waals surface area contributed by atoms with Crippen LogP contribution >= 0.6 is 15.9 Å². The molecule has 1 aromatic carbocycles. The third kappa shape index (κ3) is 3.38. The molecule has 0 atom stereocenters. The van der Waals surface area contributed by atoms with Gasteiger partial charge >= 0.3 is 12.1 Å². The van der Waals surface area contributed by atoms with Crippen LogP contribution in [0.2, 0.25) is 0 Å². The number of nitrogens with one attached hydrogen (secondary N) is 1. The standard InChI is InChI=1S/C11H11BrF3NO2/c1-10(2,9(17)18)16-8-4-3-6(12)5-7(8)11(13,14)15/h3-5,16H,1-2H3,(H,17,18). The van der Waals surface area contributed by atoms with Crippen molar-refractivity contribution in [2.45, 2.75) is 25.6 Å². The largest absolute Gasteiger partial charge is 0.480 e. The number of halogens is 4. The van der Waals surface area contributed by atoms with Gasteiger partial charge in [0.1, 0.15) is 5.54 Å². The van der Waals surface area contributed by atoms with Crippen LogP contribution in [-0.4, -0.2) is 16.6 Å². The molecule has 0 saturated heterocycles. The summed E-state index contributed by atoms with van der Waals surface area (Å²) in [4.78, 5) is 10.9. The molecule has 0 spiro atoms. The van der Waals surface area contributed by atoms with Crippen molar-refractivity contribution in [3.05, 3.63) is 28.2 Å². The fraction of sp³-hybridized carbons (Fsp3) is 0.364. The van der Waals surface area contributed by atoms with Gasteiger partial charge in [0.25, 0.3) is 0 Å². The molecular weight excluding hydrogens is 315 g/mol. The Kier molecular flexibility index (Phi) is 3.95. The normalized spacial score (nSPS) is 12.3. The van der Waals surface area contributed by atoms with Gasteiger partial charge in [-0.1, -0.05) is 15.9 Å². The molecule has 0 heterocycles. The molecule has 7 heteroatoms. The summed E-state index contributed by atoms with van der Waals surface area (Å²) in [5.41, 5.74) is -2.67. The first-order valence-electron chi connectivity index (χ1n) is 4.92. The average Bonchev–Trinajstić information content (AvgIpc) is 2.18. The molecule has 18 heavy (non-hydrogen) atoms. The highest BCUT2D eigenvalue weighted by Gasteiger charge is 2.36. The van der Waals surface area contributed by atoms with Crippen LogP contribution in [0.15, 0.2) is 22.7 Å². The molecule has 0 radical (unpaired) electrons. The lowest BCUT2D eigenvalue weighted by atomic mass is 10.0. The van der Waals surface area contributed by atoms with E-state index in [4.69, 9.17) is 5.11 Å². The third-order valence-electron chi connectivity index (χ3n) is 2.27. The molecule has 0 amide bonds. The van der Waals surface area contributed by atoms with Crippen LogP contribution < -0.4 is 5.32 Å². The Hall–Kier alpha value is -1.24. The van der Waals surface area contributed by atoms with E-state index in [1.807, 2.05) is 0 Å². The Labute approximate surface area is 110 Å². The minimum atomic E-state index is -4.55. The van der Waals surface area contributed by atoms with Gasteiger partial charge in [0.2, 0.25) is 0 Å². The lowest BCUT2D eigenvalue weighted by Gasteiger charge is -2.25. The van der Waals surface area contributed by atoms with Crippen LogP contribution in [0.3, 0.4) is 0 Å². The van der Waals surface area contributed by atoms with Gasteiger partial charge in [-0.15, -0.1) is 0 Å². The molecule has 0 saturated carbocycles. The number of rotatable bonds is 3. The highest BCUT2D eigenvalue weighted by atomic mass is 79.9. The molecule has 3 nitrogen and oxygen atoms in total. The van der Waals surface area contributed by atoms with E-state index in [1.54, 1.807) is 0 Å². The second-order valence-corrected chi connectivity index (χ2v) is 5.16. The SMILES string of the molecule is CC(C)(Nc1ccc(Br)cc1C(F)(F)F)C(=O)O. The van der Waals surface area contributed by atoms with Gasteiger partial charge in [0, 0.05) is 10.2 Å². The molecule has 0 bridgehead atoms. The summed E-state index contributed by atoms with van der Waals surface area (Å²) in [6, 6.07) is 3.51. The van der Waals surface area contributed by atoms with E-state index in [9.17, 15) is 18.0 Å². The van der Waals surface area contributed by atoms with Crippen molar-refractivity contribution in [2.24, 2.45) is 0 Å². The Morgan fingerprint density at radius 1 is 1.33 bits per heavy atom. The number of alkyl halides is 3. The fourth-order valence-corrected chi connectivity index (χ4v) is 1.61. The summed E-state index contributed by atoms with van der Waals surface area (Å²) < 4.78 is 38.7. The monoisotopic (exact) mass is 325 g/mol. The number of carbonyl (C=O) groups is 1. The number of carboxylic acids is 1.